The molecule has 4 heterocycles. The van der Waals surface area contributed by atoms with Gasteiger partial charge in [0, 0.05) is 38.6 Å². The molecular weight excluding hydrogens is 294 g/mol. The Morgan fingerprint density at radius 3 is 3.09 bits per heavy atom. The predicted octanol–water partition coefficient (Wildman–Crippen LogP) is 0.733. The molecule has 0 spiro atoms. The number of aromatic nitrogens is 3. The fraction of sp³-hybridized carbons (Fsp3) is 0.438. The molecule has 2 aromatic heterocycles. The monoisotopic (exact) mass is 313 g/mol. The first kappa shape index (κ1) is 14.0. The molecule has 2 aliphatic rings. The van der Waals surface area contributed by atoms with Gasteiger partial charge in [-0.2, -0.15) is 0 Å². The third-order valence-corrected chi connectivity index (χ3v) is 4.83. The summed E-state index contributed by atoms with van der Waals surface area (Å²) in [6, 6.07) is 4.35. The average molecular weight is 313 g/mol. The average Bonchev–Trinajstić information content (AvgIpc) is 3.10. The topological polar surface area (TPSA) is 74.2 Å². The van der Waals surface area contributed by atoms with Crippen molar-refractivity contribution in [3.63, 3.8) is 0 Å². The lowest BCUT2D eigenvalue weighted by atomic mass is 10.2. The number of hydrogen-bond acceptors (Lipinski definition) is 4. The molecule has 4 rings (SSSR count). The zero-order chi connectivity index (χ0) is 16.0. The summed E-state index contributed by atoms with van der Waals surface area (Å²) < 4.78 is 1.36. The minimum Gasteiger partial charge on any atom is -0.365 e. The van der Waals surface area contributed by atoms with Crippen LogP contribution in [-0.4, -0.2) is 44.5 Å². The van der Waals surface area contributed by atoms with Crippen molar-refractivity contribution < 1.29 is 4.79 Å². The molecule has 7 heteroatoms. The molecule has 0 unspecified atom stereocenters. The summed E-state index contributed by atoms with van der Waals surface area (Å²) in [6.07, 6.45) is 5.46. The number of H-pyrrole nitrogens is 1. The van der Waals surface area contributed by atoms with E-state index < -0.39 is 0 Å². The summed E-state index contributed by atoms with van der Waals surface area (Å²) in [6.45, 7) is 2.14. The number of aromatic amines is 1. The molecule has 0 aromatic carbocycles. The standard InChI is InChI=1S/C16H19N5O2/c1-19-14(8-18-16(19)23)15(22)20-9-11-4-3-7-21(11)13-5-2-6-17-12(13)10-20/h2,5-6,8,11H,3-4,7,9-10H2,1H3,(H,18,23)/t11-/m0/s1. The van der Waals surface area contributed by atoms with Crippen LogP contribution in [0.2, 0.25) is 0 Å². The van der Waals surface area contributed by atoms with E-state index in [-0.39, 0.29) is 11.6 Å². The Bertz CT molecular complexity index is 809. The van der Waals surface area contributed by atoms with E-state index in [9.17, 15) is 9.59 Å². The zero-order valence-corrected chi connectivity index (χ0v) is 13.0. The van der Waals surface area contributed by atoms with Gasteiger partial charge in [0.1, 0.15) is 5.69 Å². The van der Waals surface area contributed by atoms with Gasteiger partial charge in [0.25, 0.3) is 5.91 Å². The molecule has 0 radical (unpaired) electrons. The molecule has 2 aliphatic heterocycles. The Morgan fingerprint density at radius 2 is 2.30 bits per heavy atom. The SMILES string of the molecule is Cn1c(C(=O)N2Cc3ncccc3N3CCC[C@H]3C2)c[nH]c1=O. The summed E-state index contributed by atoms with van der Waals surface area (Å²) in [7, 11) is 1.61. The van der Waals surface area contributed by atoms with Gasteiger partial charge in [0.05, 0.1) is 17.9 Å². The first-order valence-corrected chi connectivity index (χ1v) is 7.89. The quantitative estimate of drug-likeness (QED) is 0.842. The molecule has 1 fully saturated rings. The molecule has 0 aliphatic carbocycles. The maximum atomic E-state index is 12.9. The molecule has 23 heavy (non-hydrogen) atoms. The Morgan fingerprint density at radius 1 is 1.43 bits per heavy atom. The van der Waals surface area contributed by atoms with Crippen LogP contribution in [0.1, 0.15) is 29.0 Å². The number of anilines is 1. The van der Waals surface area contributed by atoms with E-state index >= 15 is 0 Å². The van der Waals surface area contributed by atoms with Gasteiger partial charge in [-0.05, 0) is 25.0 Å². The van der Waals surface area contributed by atoms with Crippen molar-refractivity contribution in [2.45, 2.75) is 25.4 Å². The maximum absolute atomic E-state index is 12.9. The predicted molar refractivity (Wildman–Crippen MR) is 85.4 cm³/mol. The molecule has 7 nitrogen and oxygen atoms in total. The van der Waals surface area contributed by atoms with Crippen molar-refractivity contribution in [2.75, 3.05) is 18.0 Å². The first-order valence-electron chi connectivity index (χ1n) is 7.89. The lowest BCUT2D eigenvalue weighted by Crippen LogP contribution is -2.40. The maximum Gasteiger partial charge on any atom is 0.325 e. The van der Waals surface area contributed by atoms with Gasteiger partial charge >= 0.3 is 5.69 Å². The van der Waals surface area contributed by atoms with E-state index in [4.69, 9.17) is 0 Å². The van der Waals surface area contributed by atoms with Crippen molar-refractivity contribution in [3.8, 4) is 0 Å². The van der Waals surface area contributed by atoms with Crippen LogP contribution < -0.4 is 10.6 Å². The smallest absolute Gasteiger partial charge is 0.325 e. The molecule has 0 bridgehead atoms. The van der Waals surface area contributed by atoms with Crippen LogP contribution in [0.4, 0.5) is 5.69 Å². The van der Waals surface area contributed by atoms with Crippen LogP contribution >= 0.6 is 0 Å². The second-order valence-corrected chi connectivity index (χ2v) is 6.18. The van der Waals surface area contributed by atoms with Crippen LogP contribution in [0.15, 0.2) is 29.3 Å². The molecule has 0 saturated carbocycles. The second kappa shape index (κ2) is 5.26. The Labute approximate surface area is 133 Å². The van der Waals surface area contributed by atoms with E-state index in [0.717, 1.165) is 30.8 Å². The lowest BCUT2D eigenvalue weighted by molar-refractivity contribution is 0.0726. The first-order chi connectivity index (χ1) is 11.1. The van der Waals surface area contributed by atoms with E-state index in [1.807, 2.05) is 11.0 Å². The number of carbonyl (C=O) groups excluding carboxylic acids is 1. The zero-order valence-electron chi connectivity index (χ0n) is 13.0. The van der Waals surface area contributed by atoms with Crippen molar-refractivity contribution in [2.24, 2.45) is 7.05 Å². The minimum absolute atomic E-state index is 0.129. The lowest BCUT2D eigenvalue weighted by Gasteiger charge is -2.27. The van der Waals surface area contributed by atoms with Crippen LogP contribution in [0.25, 0.3) is 0 Å². The van der Waals surface area contributed by atoms with Gasteiger partial charge in [0.15, 0.2) is 0 Å². The van der Waals surface area contributed by atoms with Crippen molar-refractivity contribution >= 4 is 11.6 Å². The van der Waals surface area contributed by atoms with Crippen molar-refractivity contribution in [1.29, 1.82) is 0 Å². The van der Waals surface area contributed by atoms with Gasteiger partial charge in [-0.1, -0.05) is 0 Å². The molecule has 1 amide bonds. The van der Waals surface area contributed by atoms with Crippen molar-refractivity contribution in [1.82, 2.24) is 19.4 Å². The minimum atomic E-state index is -0.274. The van der Waals surface area contributed by atoms with Gasteiger partial charge in [-0.15, -0.1) is 0 Å². The molecule has 1 atom stereocenters. The molecular formula is C16H19N5O2. The number of pyridine rings is 1. The largest absolute Gasteiger partial charge is 0.365 e. The summed E-state index contributed by atoms with van der Waals surface area (Å²) >= 11 is 0. The van der Waals surface area contributed by atoms with Crippen LogP contribution in [0.3, 0.4) is 0 Å². The van der Waals surface area contributed by atoms with Crippen LogP contribution in [0, 0.1) is 0 Å². The number of fused-ring (bicyclic) bond motifs is 3. The number of hydrogen-bond donors (Lipinski definition) is 1. The van der Waals surface area contributed by atoms with E-state index in [1.165, 1.54) is 10.8 Å². The Kier molecular flexibility index (Phi) is 3.21. The molecule has 120 valence electrons. The normalized spacial score (nSPS) is 20.1. The summed E-state index contributed by atoms with van der Waals surface area (Å²) in [5, 5.41) is 0. The van der Waals surface area contributed by atoms with Crippen molar-refractivity contribution in [3.05, 3.63) is 46.4 Å². The highest BCUT2D eigenvalue weighted by Gasteiger charge is 2.34. The third kappa shape index (κ3) is 2.23. The number of nitrogens with zero attached hydrogens (tertiary/aromatic N) is 4. The van der Waals surface area contributed by atoms with Gasteiger partial charge in [-0.25, -0.2) is 4.79 Å². The Balaban J connectivity index is 1.72. The van der Waals surface area contributed by atoms with Gasteiger partial charge in [-0.3, -0.25) is 14.3 Å². The van der Waals surface area contributed by atoms with Gasteiger partial charge < -0.3 is 14.8 Å². The molecule has 2 aromatic rings. The summed E-state index contributed by atoms with van der Waals surface area (Å²) in [5.74, 6) is -0.129. The number of carbonyl (C=O) groups is 1. The number of imidazole rings is 1. The number of amides is 1. The molecule has 1 N–H and O–H groups in total. The number of nitrogens with one attached hydrogen (secondary N) is 1. The van der Waals surface area contributed by atoms with Gasteiger partial charge in [0.2, 0.25) is 0 Å². The third-order valence-electron chi connectivity index (χ3n) is 4.83. The highest BCUT2D eigenvalue weighted by Crippen LogP contribution is 2.32. The fourth-order valence-electron chi connectivity index (χ4n) is 3.61. The summed E-state index contributed by atoms with van der Waals surface area (Å²) in [5.41, 5.74) is 2.17. The fourth-order valence-corrected chi connectivity index (χ4v) is 3.61. The molecule has 1 saturated heterocycles. The second-order valence-electron chi connectivity index (χ2n) is 6.18. The Hall–Kier alpha value is -2.57. The van der Waals surface area contributed by atoms with Crippen LogP contribution in [-0.2, 0) is 13.6 Å². The van der Waals surface area contributed by atoms with E-state index in [0.29, 0.717) is 24.8 Å². The highest BCUT2D eigenvalue weighted by atomic mass is 16.2. The highest BCUT2D eigenvalue weighted by molar-refractivity contribution is 5.92. The number of rotatable bonds is 1. The summed E-state index contributed by atoms with van der Waals surface area (Å²) in [4.78, 5) is 35.7. The van der Waals surface area contributed by atoms with E-state index in [2.05, 4.69) is 20.9 Å². The van der Waals surface area contributed by atoms with Crippen LogP contribution in [0.5, 0.6) is 0 Å². The van der Waals surface area contributed by atoms with E-state index in [1.54, 1.807) is 13.2 Å².